The van der Waals surface area contributed by atoms with Gasteiger partial charge in [-0.3, -0.25) is 4.79 Å². The van der Waals surface area contributed by atoms with E-state index in [1.807, 2.05) is 85.8 Å². The molecular formula is C29H29NO6. The molecule has 1 aliphatic carbocycles. The minimum absolute atomic E-state index is 0.0250. The number of ether oxygens (including phenoxy) is 2. The molecule has 3 aromatic carbocycles. The first-order valence-corrected chi connectivity index (χ1v) is 12.0. The number of esters is 1. The predicted octanol–water partition coefficient (Wildman–Crippen LogP) is 5.14. The highest BCUT2D eigenvalue weighted by atomic mass is 16.6. The van der Waals surface area contributed by atoms with Gasteiger partial charge in [-0.25, -0.2) is 9.59 Å². The Bertz CT molecular complexity index is 1180. The summed E-state index contributed by atoms with van der Waals surface area (Å²) in [4.78, 5) is 37.5. The lowest BCUT2D eigenvalue weighted by Crippen LogP contribution is -2.49. The Morgan fingerprint density at radius 3 is 2.03 bits per heavy atom. The van der Waals surface area contributed by atoms with Gasteiger partial charge in [-0.05, 0) is 34.2 Å². The molecule has 7 heteroatoms. The molecular weight excluding hydrogens is 458 g/mol. The van der Waals surface area contributed by atoms with E-state index >= 15 is 0 Å². The van der Waals surface area contributed by atoms with Crippen LogP contribution in [0.15, 0.2) is 78.9 Å². The molecule has 1 amide bonds. The highest BCUT2D eigenvalue weighted by Gasteiger charge is 2.36. The van der Waals surface area contributed by atoms with Crippen molar-refractivity contribution in [2.75, 3.05) is 6.61 Å². The first kappa shape index (κ1) is 25.0. The largest absolute Gasteiger partial charge is 0.480 e. The number of fused-ring (bicyclic) bond motifs is 3. The van der Waals surface area contributed by atoms with Gasteiger partial charge in [-0.1, -0.05) is 92.2 Å². The zero-order valence-electron chi connectivity index (χ0n) is 20.1. The Labute approximate surface area is 210 Å². The van der Waals surface area contributed by atoms with E-state index in [0.29, 0.717) is 6.42 Å². The number of nitrogens with one attached hydrogen (secondary N) is 1. The van der Waals surface area contributed by atoms with Crippen LogP contribution in [0.3, 0.4) is 0 Å². The number of hydrogen-bond donors (Lipinski definition) is 2. The van der Waals surface area contributed by atoms with E-state index in [1.165, 1.54) is 0 Å². The van der Waals surface area contributed by atoms with Crippen molar-refractivity contribution in [2.24, 2.45) is 5.92 Å². The molecule has 0 saturated carbocycles. The van der Waals surface area contributed by atoms with Crippen LogP contribution in [0.2, 0.25) is 0 Å². The number of benzene rings is 3. The predicted molar refractivity (Wildman–Crippen MR) is 134 cm³/mol. The molecule has 0 radical (unpaired) electrons. The maximum atomic E-state index is 12.8. The summed E-state index contributed by atoms with van der Waals surface area (Å²) in [5.74, 6) is -3.20. The average Bonchev–Trinajstić information content (AvgIpc) is 3.22. The Morgan fingerprint density at radius 1 is 0.861 bits per heavy atom. The fourth-order valence-corrected chi connectivity index (χ4v) is 4.67. The van der Waals surface area contributed by atoms with Gasteiger partial charge in [0, 0.05) is 5.92 Å². The maximum Gasteiger partial charge on any atom is 0.407 e. The third kappa shape index (κ3) is 5.57. The molecule has 186 valence electrons. The molecule has 0 bridgehead atoms. The summed E-state index contributed by atoms with van der Waals surface area (Å²) in [6.07, 6.45) is -0.101. The summed E-state index contributed by atoms with van der Waals surface area (Å²) in [6.45, 7) is 1.91. The molecule has 2 N–H and O–H groups in total. The summed E-state index contributed by atoms with van der Waals surface area (Å²) in [5, 5.41) is 12.2. The average molecular weight is 488 g/mol. The molecule has 0 fully saturated rings. The number of carboxylic acids is 1. The number of alkyl carbamates (subject to hydrolysis) is 1. The van der Waals surface area contributed by atoms with Crippen molar-refractivity contribution in [3.8, 4) is 11.1 Å². The van der Waals surface area contributed by atoms with E-state index in [-0.39, 0.29) is 25.6 Å². The number of aliphatic carboxylic acids is 1. The fraction of sp³-hybridized carbons (Fsp3) is 0.276. The van der Waals surface area contributed by atoms with Gasteiger partial charge >= 0.3 is 18.0 Å². The van der Waals surface area contributed by atoms with E-state index in [4.69, 9.17) is 9.47 Å². The van der Waals surface area contributed by atoms with E-state index in [9.17, 15) is 19.5 Å². The fourth-order valence-electron chi connectivity index (χ4n) is 4.67. The molecule has 36 heavy (non-hydrogen) atoms. The molecule has 0 heterocycles. The summed E-state index contributed by atoms with van der Waals surface area (Å²) in [7, 11) is 0. The van der Waals surface area contributed by atoms with Crippen LogP contribution in [-0.4, -0.2) is 35.8 Å². The minimum atomic E-state index is -1.47. The van der Waals surface area contributed by atoms with Crippen LogP contribution in [0, 0.1) is 5.92 Å². The van der Waals surface area contributed by atoms with Crippen molar-refractivity contribution in [1.82, 2.24) is 5.32 Å². The standard InChI is InChI=1S/C29H29NO6/c1-2-10-24(28(33)35-17-19-11-4-3-5-12-19)26(27(31)32)30-29(34)36-18-25-22-15-8-6-13-20(22)21-14-7-9-16-23(21)25/h3-9,11-16,24-26H,2,10,17-18H2,1H3,(H,30,34)(H,31,32)/t24?,26-/m0/s1. The molecule has 1 aliphatic rings. The monoisotopic (exact) mass is 487 g/mol. The molecule has 4 rings (SSSR count). The molecule has 0 aliphatic heterocycles. The lowest BCUT2D eigenvalue weighted by molar-refractivity contribution is -0.156. The number of carbonyl (C=O) groups excluding carboxylic acids is 2. The maximum absolute atomic E-state index is 12.8. The summed E-state index contributed by atoms with van der Waals surface area (Å²) in [6, 6.07) is 23.5. The number of amides is 1. The quantitative estimate of drug-likeness (QED) is 0.384. The smallest absolute Gasteiger partial charge is 0.407 e. The molecule has 3 aromatic rings. The van der Waals surface area contributed by atoms with Crippen LogP contribution in [0.25, 0.3) is 11.1 Å². The van der Waals surface area contributed by atoms with Gasteiger partial charge in [-0.2, -0.15) is 0 Å². The molecule has 0 aromatic heterocycles. The summed E-state index contributed by atoms with van der Waals surface area (Å²) < 4.78 is 10.9. The van der Waals surface area contributed by atoms with Gasteiger partial charge in [0.25, 0.3) is 0 Å². The Hall–Kier alpha value is -4.13. The summed E-state index contributed by atoms with van der Waals surface area (Å²) in [5.41, 5.74) is 5.08. The van der Waals surface area contributed by atoms with Crippen LogP contribution in [0.4, 0.5) is 4.79 Å². The third-order valence-corrected chi connectivity index (χ3v) is 6.41. The van der Waals surface area contributed by atoms with Gasteiger partial charge in [0.1, 0.15) is 19.3 Å². The topological polar surface area (TPSA) is 102 Å². The van der Waals surface area contributed by atoms with Crippen LogP contribution in [0.1, 0.15) is 42.4 Å². The van der Waals surface area contributed by atoms with Crippen molar-refractivity contribution >= 4 is 18.0 Å². The van der Waals surface area contributed by atoms with Crippen molar-refractivity contribution in [3.05, 3.63) is 95.6 Å². The second-order valence-corrected chi connectivity index (χ2v) is 8.77. The Kier molecular flexibility index (Phi) is 8.00. The van der Waals surface area contributed by atoms with Crippen LogP contribution in [0.5, 0.6) is 0 Å². The second kappa shape index (κ2) is 11.5. The lowest BCUT2D eigenvalue weighted by atomic mass is 9.95. The molecule has 0 spiro atoms. The third-order valence-electron chi connectivity index (χ3n) is 6.41. The van der Waals surface area contributed by atoms with Gasteiger partial charge in [-0.15, -0.1) is 0 Å². The van der Waals surface area contributed by atoms with E-state index in [0.717, 1.165) is 27.8 Å². The Morgan fingerprint density at radius 2 is 1.44 bits per heavy atom. The molecule has 0 saturated heterocycles. The van der Waals surface area contributed by atoms with Gasteiger partial charge in [0.05, 0.1) is 5.92 Å². The van der Waals surface area contributed by atoms with Crippen molar-refractivity contribution in [3.63, 3.8) is 0 Å². The normalized spacial score (nSPS) is 13.7. The number of carbonyl (C=O) groups is 3. The second-order valence-electron chi connectivity index (χ2n) is 8.77. The molecule has 2 atom stereocenters. The zero-order chi connectivity index (χ0) is 25.5. The minimum Gasteiger partial charge on any atom is -0.480 e. The number of hydrogen-bond acceptors (Lipinski definition) is 5. The van der Waals surface area contributed by atoms with Gasteiger partial charge < -0.3 is 19.9 Å². The highest BCUT2D eigenvalue weighted by molar-refractivity contribution is 5.87. The van der Waals surface area contributed by atoms with E-state index in [1.54, 1.807) is 0 Å². The van der Waals surface area contributed by atoms with E-state index in [2.05, 4.69) is 5.32 Å². The van der Waals surface area contributed by atoms with Crippen molar-refractivity contribution in [2.45, 2.75) is 38.3 Å². The molecule has 7 nitrogen and oxygen atoms in total. The Balaban J connectivity index is 1.41. The summed E-state index contributed by atoms with van der Waals surface area (Å²) >= 11 is 0. The zero-order valence-corrected chi connectivity index (χ0v) is 20.1. The first-order valence-electron chi connectivity index (χ1n) is 12.0. The van der Waals surface area contributed by atoms with Crippen LogP contribution >= 0.6 is 0 Å². The van der Waals surface area contributed by atoms with Gasteiger partial charge in [0.2, 0.25) is 0 Å². The van der Waals surface area contributed by atoms with Gasteiger partial charge in [0.15, 0.2) is 0 Å². The van der Waals surface area contributed by atoms with Crippen LogP contribution < -0.4 is 5.32 Å². The lowest BCUT2D eigenvalue weighted by Gasteiger charge is -2.23. The van der Waals surface area contributed by atoms with Crippen LogP contribution in [-0.2, 0) is 25.7 Å². The SMILES string of the molecule is CCCC(C(=O)OCc1ccccc1)[C@H](NC(=O)OCC1c2ccccc2-c2ccccc21)C(=O)O. The highest BCUT2D eigenvalue weighted by Crippen LogP contribution is 2.44. The first-order chi connectivity index (χ1) is 17.5. The van der Waals surface area contributed by atoms with E-state index < -0.39 is 30.0 Å². The van der Waals surface area contributed by atoms with Crippen molar-refractivity contribution < 1.29 is 29.0 Å². The number of carboxylic acid groups (broad SMARTS) is 1. The molecule has 1 unspecified atom stereocenters. The number of rotatable bonds is 10. The van der Waals surface area contributed by atoms with Crippen molar-refractivity contribution in [1.29, 1.82) is 0 Å².